The van der Waals surface area contributed by atoms with Crippen LogP contribution in [-0.2, 0) is 9.53 Å². The molecule has 13 heteroatoms. The summed E-state index contributed by atoms with van der Waals surface area (Å²) in [5.74, 6) is 3.64. The minimum atomic E-state index is -2.87. The molecule has 2 amide bonds. The van der Waals surface area contributed by atoms with Crippen molar-refractivity contribution in [3.8, 4) is 11.8 Å². The van der Waals surface area contributed by atoms with Gasteiger partial charge < -0.3 is 20.7 Å². The van der Waals surface area contributed by atoms with Gasteiger partial charge in [0.15, 0.2) is 5.69 Å². The number of nitrogens with one attached hydrogen (secondary N) is 1. The Morgan fingerprint density at radius 1 is 1.38 bits per heavy atom. The van der Waals surface area contributed by atoms with Crippen molar-refractivity contribution < 1.29 is 27.5 Å². The smallest absolute Gasteiger partial charge is 0.320 e. The summed E-state index contributed by atoms with van der Waals surface area (Å²) in [5.41, 5.74) is 5.43. The Morgan fingerprint density at radius 2 is 2.14 bits per heavy atom. The van der Waals surface area contributed by atoms with E-state index in [0.717, 1.165) is 18.5 Å². The topological polar surface area (TPSA) is 120 Å². The van der Waals surface area contributed by atoms with Crippen LogP contribution in [0.25, 0.3) is 11.0 Å². The normalized spacial score (nSPS) is 17.2. The lowest BCUT2D eigenvalue weighted by molar-refractivity contribution is -0.127. The second-order valence-corrected chi connectivity index (χ2v) is 8.32. The zero-order valence-corrected chi connectivity index (χ0v) is 20.0. The Hall–Kier alpha value is -4.31. The summed E-state index contributed by atoms with van der Waals surface area (Å²) >= 11 is 0. The zero-order chi connectivity index (χ0) is 26.9. The van der Waals surface area contributed by atoms with E-state index in [0.29, 0.717) is 17.6 Å². The number of halogens is 3. The highest BCUT2D eigenvalue weighted by atomic mass is 19.3. The lowest BCUT2D eigenvalue weighted by atomic mass is 10.1. The number of carbonyl (C=O) groups is 2. The molecule has 37 heavy (non-hydrogen) atoms. The average Bonchev–Trinajstić information content (AvgIpc) is 3.56. The van der Waals surface area contributed by atoms with Crippen molar-refractivity contribution in [2.24, 2.45) is 5.73 Å². The first-order chi connectivity index (χ1) is 17.7. The summed E-state index contributed by atoms with van der Waals surface area (Å²) in [4.78, 5) is 30.1. The monoisotopic (exact) mass is 515 g/mol. The van der Waals surface area contributed by atoms with Crippen molar-refractivity contribution in [2.45, 2.75) is 25.1 Å². The maximum Gasteiger partial charge on any atom is 0.320 e. The number of nitrogens with two attached hydrogens (primary N) is 1. The van der Waals surface area contributed by atoms with Crippen LogP contribution in [0.5, 0.6) is 0 Å². The van der Waals surface area contributed by atoms with Gasteiger partial charge in [-0.05, 0) is 24.5 Å². The van der Waals surface area contributed by atoms with Gasteiger partial charge in [0, 0.05) is 26.8 Å². The second kappa shape index (κ2) is 10.4. The van der Waals surface area contributed by atoms with Crippen molar-refractivity contribution in [1.29, 1.82) is 0 Å². The third kappa shape index (κ3) is 4.75. The minimum Gasteiger partial charge on any atom is -0.383 e. The van der Waals surface area contributed by atoms with E-state index in [-0.39, 0.29) is 58.2 Å². The van der Waals surface area contributed by atoms with E-state index in [1.807, 2.05) is 0 Å². The first-order valence-electron chi connectivity index (χ1n) is 11.2. The van der Waals surface area contributed by atoms with Gasteiger partial charge in [-0.1, -0.05) is 12.5 Å². The third-order valence-electron chi connectivity index (χ3n) is 6.14. The molecule has 3 aromatic rings. The number of primary amides is 1. The number of likely N-dealkylation sites (tertiary alicyclic amines) is 1. The van der Waals surface area contributed by atoms with Gasteiger partial charge in [0.2, 0.25) is 5.91 Å². The minimum absolute atomic E-state index is 0.000569. The van der Waals surface area contributed by atoms with Gasteiger partial charge in [-0.25, -0.2) is 14.1 Å². The van der Waals surface area contributed by atoms with Crippen molar-refractivity contribution >= 4 is 28.7 Å². The Morgan fingerprint density at radius 3 is 2.76 bits per heavy atom. The van der Waals surface area contributed by atoms with Crippen LogP contribution in [0.15, 0.2) is 31.1 Å². The van der Waals surface area contributed by atoms with E-state index in [2.05, 4.69) is 33.8 Å². The molecule has 3 N–H and O–H groups in total. The van der Waals surface area contributed by atoms with E-state index in [1.165, 1.54) is 17.9 Å². The first kappa shape index (κ1) is 25.8. The number of hydrogen-bond donors (Lipinski definition) is 2. The molecule has 2 aromatic heterocycles. The second-order valence-electron chi connectivity index (χ2n) is 8.32. The molecule has 10 nitrogen and oxygen atoms in total. The largest absolute Gasteiger partial charge is 0.383 e. The quantitative estimate of drug-likeness (QED) is 0.368. The van der Waals surface area contributed by atoms with Gasteiger partial charge in [-0.3, -0.25) is 14.2 Å². The molecular formula is C24H24F3N7O3. The van der Waals surface area contributed by atoms with Crippen LogP contribution in [0.2, 0.25) is 0 Å². The van der Waals surface area contributed by atoms with Gasteiger partial charge in [-0.15, -0.1) is 0 Å². The molecule has 1 fully saturated rings. The van der Waals surface area contributed by atoms with Crippen LogP contribution >= 0.6 is 0 Å². The number of amides is 2. The maximum absolute atomic E-state index is 14.6. The molecule has 0 spiro atoms. The highest BCUT2D eigenvalue weighted by Gasteiger charge is 2.37. The Labute approximate surface area is 209 Å². The molecule has 0 bridgehead atoms. The third-order valence-corrected chi connectivity index (χ3v) is 6.14. The number of hydrogen-bond acceptors (Lipinski definition) is 6. The number of carbonyl (C=O) groups excluding carboxylic acids is 2. The van der Waals surface area contributed by atoms with Crippen LogP contribution in [0.4, 0.5) is 19.0 Å². The fourth-order valence-corrected chi connectivity index (χ4v) is 4.49. The summed E-state index contributed by atoms with van der Waals surface area (Å²) in [6.45, 7) is 1.23. The maximum atomic E-state index is 14.6. The van der Waals surface area contributed by atoms with E-state index in [4.69, 9.17) is 10.5 Å². The number of methoxy groups -OCH3 is 1. The fourth-order valence-electron chi connectivity index (χ4n) is 4.49. The molecule has 0 saturated carbocycles. The number of rotatable bonds is 7. The molecule has 1 aromatic carbocycles. The van der Waals surface area contributed by atoms with E-state index in [9.17, 15) is 22.8 Å². The molecule has 1 saturated heterocycles. The SMILES string of the molecule is C=CC(=O)N1CC(n2nc(C#Cc3cc4c(cc3F)ncn4C(F)F)c(C(N)=O)c2NC)C[C@@H]1COC. The molecular weight excluding hydrogens is 491 g/mol. The molecule has 2 atom stereocenters. The molecule has 0 aliphatic carbocycles. The molecule has 0 radical (unpaired) electrons. The number of anilines is 1. The number of alkyl halides is 2. The zero-order valence-electron chi connectivity index (χ0n) is 20.0. The Kier molecular flexibility index (Phi) is 7.21. The van der Waals surface area contributed by atoms with Gasteiger partial charge >= 0.3 is 6.55 Å². The lowest BCUT2D eigenvalue weighted by Gasteiger charge is -2.22. The van der Waals surface area contributed by atoms with E-state index >= 15 is 0 Å². The van der Waals surface area contributed by atoms with Crippen molar-refractivity contribution in [3.05, 3.63) is 53.8 Å². The number of benzene rings is 1. The van der Waals surface area contributed by atoms with Gasteiger partial charge in [0.05, 0.1) is 35.3 Å². The van der Waals surface area contributed by atoms with Crippen LogP contribution in [0.3, 0.4) is 0 Å². The summed E-state index contributed by atoms with van der Waals surface area (Å²) < 4.78 is 48.5. The lowest BCUT2D eigenvalue weighted by Crippen LogP contribution is -2.37. The molecule has 194 valence electrons. The number of nitrogens with zero attached hydrogens (tertiary/aromatic N) is 5. The number of imidazole rings is 1. The molecule has 1 aliphatic heterocycles. The van der Waals surface area contributed by atoms with Crippen molar-refractivity contribution in [1.82, 2.24) is 24.2 Å². The summed E-state index contributed by atoms with van der Waals surface area (Å²) in [6.07, 6.45) is 2.60. The molecule has 4 rings (SSSR count). The van der Waals surface area contributed by atoms with E-state index < -0.39 is 18.3 Å². The van der Waals surface area contributed by atoms with Crippen molar-refractivity contribution in [2.75, 3.05) is 32.6 Å². The number of fused-ring (bicyclic) bond motifs is 1. The van der Waals surface area contributed by atoms with Crippen LogP contribution in [-0.4, -0.2) is 69.4 Å². The summed E-state index contributed by atoms with van der Waals surface area (Å²) in [5, 5.41) is 7.36. The fraction of sp³-hybridized carbons (Fsp3) is 0.333. The standard InChI is InChI=1S/C24H24F3N7O3/c1-4-20(35)32-10-14(8-15(32)11-37-3)34-23(29-2)21(22(28)36)17(31-34)6-5-13-7-19-18(9-16(13)25)30-12-33(19)24(26)27/h4,7,9,12,14-15,24,29H,1,8,10-11H2,2-3H3,(H2,28,36)/t14?,15-/m1/s1. The summed E-state index contributed by atoms with van der Waals surface area (Å²) in [7, 11) is 3.10. The number of ether oxygens (including phenoxy) is 1. The van der Waals surface area contributed by atoms with E-state index in [1.54, 1.807) is 11.9 Å². The molecule has 3 heterocycles. The van der Waals surface area contributed by atoms with Gasteiger partial charge in [0.25, 0.3) is 5.91 Å². The van der Waals surface area contributed by atoms with Crippen molar-refractivity contribution in [3.63, 3.8) is 0 Å². The predicted molar refractivity (Wildman–Crippen MR) is 128 cm³/mol. The Bertz CT molecular complexity index is 1440. The van der Waals surface area contributed by atoms with Gasteiger partial charge in [-0.2, -0.15) is 13.9 Å². The Balaban J connectivity index is 1.77. The van der Waals surface area contributed by atoms with Crippen LogP contribution in [0.1, 0.15) is 40.6 Å². The van der Waals surface area contributed by atoms with Crippen LogP contribution in [0, 0.1) is 17.7 Å². The highest BCUT2D eigenvalue weighted by molar-refractivity contribution is 6.00. The molecule has 1 aliphatic rings. The van der Waals surface area contributed by atoms with Gasteiger partial charge in [0.1, 0.15) is 23.5 Å². The predicted octanol–water partition coefficient (Wildman–Crippen LogP) is 2.28. The number of aromatic nitrogens is 4. The first-order valence-corrected chi connectivity index (χ1v) is 11.2. The highest BCUT2D eigenvalue weighted by Crippen LogP contribution is 2.32. The average molecular weight is 515 g/mol. The van der Waals surface area contributed by atoms with Crippen LogP contribution < -0.4 is 11.1 Å². The molecule has 1 unspecified atom stereocenters. The summed E-state index contributed by atoms with van der Waals surface area (Å²) in [6, 6.07) is 1.56.